The van der Waals surface area contributed by atoms with Crippen LogP contribution in [0.3, 0.4) is 0 Å². The molecule has 0 amide bonds. The number of halogens is 4. The van der Waals surface area contributed by atoms with Crippen molar-refractivity contribution in [2.75, 3.05) is 0 Å². The zero-order valence-electron chi connectivity index (χ0n) is 20.7. The first-order valence-corrected chi connectivity index (χ1v) is 13.5. The second-order valence-electron chi connectivity index (χ2n) is 9.72. The first-order valence-electron chi connectivity index (χ1n) is 13.1. The summed E-state index contributed by atoms with van der Waals surface area (Å²) < 4.78 is 45.2. The number of hydrogen-bond donors (Lipinski definition) is 0. The van der Waals surface area contributed by atoms with Crippen LogP contribution in [0, 0.1) is 23.4 Å². The van der Waals surface area contributed by atoms with Crippen molar-refractivity contribution in [2.24, 2.45) is 5.92 Å². The van der Waals surface area contributed by atoms with Crippen molar-refractivity contribution in [1.29, 1.82) is 0 Å². The number of hydrogen-bond acceptors (Lipinski definition) is 0. The number of rotatable bonds is 12. The lowest BCUT2D eigenvalue weighted by Crippen LogP contribution is -2.07. The molecule has 0 fully saturated rings. The summed E-state index contributed by atoms with van der Waals surface area (Å²) in [6.07, 6.45) is 15.6. The molecule has 0 N–H and O–H groups in total. The van der Waals surface area contributed by atoms with Crippen LogP contribution in [0.1, 0.15) is 102 Å². The van der Waals surface area contributed by atoms with Crippen LogP contribution >= 0.6 is 11.6 Å². The Balaban J connectivity index is 1.74. The van der Waals surface area contributed by atoms with Gasteiger partial charge in [-0.3, -0.25) is 0 Å². The third-order valence-electron chi connectivity index (χ3n) is 7.17. The minimum atomic E-state index is -0.961. The Hall–Kier alpha value is -1.74. The van der Waals surface area contributed by atoms with Gasteiger partial charge in [0.25, 0.3) is 0 Å². The summed E-state index contributed by atoms with van der Waals surface area (Å²) in [5.74, 6) is -1.72. The maximum Gasteiger partial charge on any atom is 0.167 e. The van der Waals surface area contributed by atoms with E-state index in [0.29, 0.717) is 23.5 Å². The van der Waals surface area contributed by atoms with Gasteiger partial charge in [-0.05, 0) is 49.2 Å². The Morgan fingerprint density at radius 2 is 1.41 bits per heavy atom. The van der Waals surface area contributed by atoms with E-state index in [-0.39, 0.29) is 16.1 Å². The van der Waals surface area contributed by atoms with E-state index in [9.17, 15) is 4.39 Å². The summed E-state index contributed by atoms with van der Waals surface area (Å²) in [4.78, 5) is 0. The van der Waals surface area contributed by atoms with E-state index in [2.05, 4.69) is 19.9 Å². The number of unbranched alkanes of at least 4 members (excludes halogenated alkanes) is 6. The molecule has 0 aliphatic heterocycles. The van der Waals surface area contributed by atoms with Gasteiger partial charge in [-0.1, -0.05) is 107 Å². The molecule has 0 saturated heterocycles. The lowest BCUT2D eigenvalue weighted by molar-refractivity contribution is 0.427. The van der Waals surface area contributed by atoms with Crippen molar-refractivity contribution >= 4 is 17.2 Å². The highest BCUT2D eigenvalue weighted by atomic mass is 35.5. The van der Waals surface area contributed by atoms with Crippen LogP contribution in [0.25, 0.3) is 16.7 Å². The van der Waals surface area contributed by atoms with E-state index < -0.39 is 17.5 Å². The van der Waals surface area contributed by atoms with Crippen molar-refractivity contribution in [3.8, 4) is 11.1 Å². The van der Waals surface area contributed by atoms with Crippen molar-refractivity contribution in [1.82, 2.24) is 0 Å². The van der Waals surface area contributed by atoms with E-state index in [1.54, 1.807) is 18.2 Å². The minimum absolute atomic E-state index is 0.00787. The van der Waals surface area contributed by atoms with E-state index in [4.69, 9.17) is 11.6 Å². The highest BCUT2D eigenvalue weighted by Crippen LogP contribution is 2.39. The van der Waals surface area contributed by atoms with Gasteiger partial charge in [0.1, 0.15) is 5.82 Å². The zero-order chi connectivity index (χ0) is 24.5. The molecule has 2 aromatic carbocycles. The van der Waals surface area contributed by atoms with E-state index in [0.717, 1.165) is 50.5 Å². The lowest BCUT2D eigenvalue weighted by atomic mass is 9.83. The molecule has 34 heavy (non-hydrogen) atoms. The third kappa shape index (κ3) is 6.68. The van der Waals surface area contributed by atoms with E-state index in [1.807, 2.05) is 0 Å². The molecule has 1 aliphatic rings. The number of benzene rings is 2. The Bertz CT molecular complexity index is 980. The molecule has 1 unspecified atom stereocenters. The third-order valence-corrected chi connectivity index (χ3v) is 7.54. The maximum absolute atomic E-state index is 15.1. The zero-order valence-corrected chi connectivity index (χ0v) is 21.4. The summed E-state index contributed by atoms with van der Waals surface area (Å²) in [6.45, 7) is 4.36. The van der Waals surface area contributed by atoms with Gasteiger partial charge >= 0.3 is 0 Å². The van der Waals surface area contributed by atoms with Gasteiger partial charge < -0.3 is 0 Å². The molecule has 3 rings (SSSR count). The van der Waals surface area contributed by atoms with Crippen LogP contribution in [0.15, 0.2) is 30.3 Å². The smallest absolute Gasteiger partial charge is 0.167 e. The maximum atomic E-state index is 15.1. The van der Waals surface area contributed by atoms with E-state index in [1.165, 1.54) is 38.2 Å². The summed E-state index contributed by atoms with van der Waals surface area (Å²) in [5, 5.41) is -0.135. The molecule has 0 bridgehead atoms. The number of allylic oxidation sites excluding steroid dienone is 2. The predicted molar refractivity (Wildman–Crippen MR) is 139 cm³/mol. The van der Waals surface area contributed by atoms with Crippen LogP contribution in [-0.2, 0) is 6.42 Å². The SMILES string of the molecule is CCCCCCCc1ccc(-c2ccc(C3=CCC(CCCCC)CC3)c(F)c2F)c(Cl)c1F. The Morgan fingerprint density at radius 3 is 2.12 bits per heavy atom. The van der Waals surface area contributed by atoms with Gasteiger partial charge in [-0.25, -0.2) is 13.2 Å². The van der Waals surface area contributed by atoms with E-state index >= 15 is 8.78 Å². The highest BCUT2D eigenvalue weighted by Gasteiger charge is 2.23. The van der Waals surface area contributed by atoms with Crippen LogP contribution in [-0.4, -0.2) is 0 Å². The molecular weight excluding hydrogens is 453 g/mol. The second-order valence-corrected chi connectivity index (χ2v) is 10.1. The molecule has 0 saturated carbocycles. The van der Waals surface area contributed by atoms with Gasteiger partial charge in [0.05, 0.1) is 5.02 Å². The summed E-state index contributed by atoms with van der Waals surface area (Å²) in [5.41, 5.74) is 1.92. The molecule has 0 heterocycles. The van der Waals surface area contributed by atoms with Gasteiger partial charge in [-0.2, -0.15) is 0 Å². The molecule has 0 spiro atoms. The van der Waals surface area contributed by atoms with Crippen LogP contribution in [0.2, 0.25) is 5.02 Å². The van der Waals surface area contributed by atoms with Crippen molar-refractivity contribution in [3.05, 3.63) is 63.9 Å². The van der Waals surface area contributed by atoms with Gasteiger partial charge in [-0.15, -0.1) is 0 Å². The Labute approximate surface area is 208 Å². The summed E-state index contributed by atoms with van der Waals surface area (Å²) in [7, 11) is 0. The molecule has 0 radical (unpaired) electrons. The minimum Gasteiger partial charge on any atom is -0.205 e. The normalized spacial score (nSPS) is 16.1. The fraction of sp³-hybridized carbons (Fsp3) is 0.533. The van der Waals surface area contributed by atoms with Crippen LogP contribution in [0.5, 0.6) is 0 Å². The molecule has 0 nitrogen and oxygen atoms in total. The molecule has 4 heteroatoms. The molecular formula is C30H38ClF3. The molecule has 0 aromatic heterocycles. The summed E-state index contributed by atoms with van der Waals surface area (Å²) in [6, 6.07) is 6.43. The molecule has 186 valence electrons. The van der Waals surface area contributed by atoms with Gasteiger partial charge in [0.2, 0.25) is 0 Å². The Morgan fingerprint density at radius 1 is 0.765 bits per heavy atom. The molecule has 2 aromatic rings. The fourth-order valence-electron chi connectivity index (χ4n) is 4.99. The Kier molecular flexibility index (Phi) is 10.6. The molecule has 1 atom stereocenters. The monoisotopic (exact) mass is 490 g/mol. The van der Waals surface area contributed by atoms with Crippen LogP contribution in [0.4, 0.5) is 13.2 Å². The topological polar surface area (TPSA) is 0 Å². The predicted octanol–water partition coefficient (Wildman–Crippen LogP) is 10.7. The van der Waals surface area contributed by atoms with Crippen LogP contribution < -0.4 is 0 Å². The highest BCUT2D eigenvalue weighted by molar-refractivity contribution is 6.33. The van der Waals surface area contributed by atoms with Gasteiger partial charge in [0.15, 0.2) is 11.6 Å². The van der Waals surface area contributed by atoms with Crippen molar-refractivity contribution in [3.63, 3.8) is 0 Å². The fourth-order valence-corrected chi connectivity index (χ4v) is 5.28. The van der Waals surface area contributed by atoms with Crippen molar-refractivity contribution < 1.29 is 13.2 Å². The average Bonchev–Trinajstić information content (AvgIpc) is 2.84. The standard InChI is InChI=1S/C30H38ClF3/c1-3-5-7-8-10-12-23-17-18-25(27(31)28(23)32)26-20-19-24(29(33)30(26)34)22-15-13-21(14-16-22)11-9-6-4-2/h15,17-21H,3-14,16H2,1-2H3. The van der Waals surface area contributed by atoms with Crippen molar-refractivity contribution in [2.45, 2.75) is 97.3 Å². The first-order chi connectivity index (χ1) is 16.5. The number of aryl methyl sites for hydroxylation is 1. The second kappa shape index (κ2) is 13.4. The largest absolute Gasteiger partial charge is 0.205 e. The summed E-state index contributed by atoms with van der Waals surface area (Å²) >= 11 is 6.30. The lowest BCUT2D eigenvalue weighted by Gasteiger charge is -2.22. The average molecular weight is 491 g/mol. The first kappa shape index (κ1) is 26.9. The molecule has 1 aliphatic carbocycles. The quantitative estimate of drug-likeness (QED) is 0.259. The van der Waals surface area contributed by atoms with Gasteiger partial charge in [0, 0.05) is 16.7 Å².